The normalized spacial score (nSPS) is 11.0. The van der Waals surface area contributed by atoms with E-state index in [1.165, 1.54) is 12.3 Å². The summed E-state index contributed by atoms with van der Waals surface area (Å²) in [5, 5.41) is 0.611. The maximum absolute atomic E-state index is 12.1. The lowest BCUT2D eigenvalue weighted by atomic mass is 10.2. The molecule has 0 N–H and O–H groups in total. The maximum atomic E-state index is 12.1. The number of aryl methyl sites for hydroxylation is 1. The molecular weight excluding hydrogens is 316 g/mol. The number of benzene rings is 1. The second kappa shape index (κ2) is 6.58. The minimum absolute atomic E-state index is 0.116. The van der Waals surface area contributed by atoms with E-state index < -0.39 is 0 Å². The van der Waals surface area contributed by atoms with Crippen LogP contribution in [0, 0.1) is 6.92 Å². The molecule has 0 amide bonds. The Labute approximate surface area is 137 Å². The van der Waals surface area contributed by atoms with Crippen LogP contribution in [0.25, 0.3) is 12.2 Å². The Balaban J connectivity index is 1.81. The third-order valence-corrected chi connectivity index (χ3v) is 3.37. The van der Waals surface area contributed by atoms with Gasteiger partial charge in [0, 0.05) is 11.1 Å². The minimum atomic E-state index is -0.273. The number of furan rings is 1. The Hall–Kier alpha value is -2.72. The Morgan fingerprint density at radius 3 is 2.57 bits per heavy atom. The van der Waals surface area contributed by atoms with E-state index in [-0.39, 0.29) is 11.2 Å². The molecule has 0 aliphatic carbocycles. The lowest BCUT2D eigenvalue weighted by molar-refractivity contribution is 0.433. The third-order valence-electron chi connectivity index (χ3n) is 3.13. The molecule has 0 bridgehead atoms. The van der Waals surface area contributed by atoms with Crippen molar-refractivity contribution in [3.8, 4) is 11.5 Å². The van der Waals surface area contributed by atoms with Crippen LogP contribution in [0.3, 0.4) is 0 Å². The van der Waals surface area contributed by atoms with Gasteiger partial charge in [-0.05, 0) is 55.0 Å². The molecule has 0 aliphatic rings. The topological polar surface area (TPSA) is 52.6 Å². The zero-order chi connectivity index (χ0) is 16.2. The van der Waals surface area contributed by atoms with Crippen LogP contribution in [0.15, 0.2) is 62.6 Å². The van der Waals surface area contributed by atoms with Gasteiger partial charge in [-0.1, -0.05) is 11.6 Å². The van der Waals surface area contributed by atoms with Crippen LogP contribution in [0.2, 0.25) is 5.02 Å². The summed E-state index contributed by atoms with van der Waals surface area (Å²) in [6.45, 7) is 1.85. The van der Waals surface area contributed by atoms with Crippen molar-refractivity contribution in [1.82, 2.24) is 0 Å². The van der Waals surface area contributed by atoms with Gasteiger partial charge in [-0.3, -0.25) is 4.79 Å². The van der Waals surface area contributed by atoms with Crippen molar-refractivity contribution in [2.75, 3.05) is 0 Å². The molecule has 3 aromatic rings. The molecule has 2 aromatic heterocycles. The summed E-state index contributed by atoms with van der Waals surface area (Å²) in [7, 11) is 0. The van der Waals surface area contributed by atoms with Gasteiger partial charge in [0.25, 0.3) is 0 Å². The maximum Gasteiger partial charge on any atom is 0.227 e. The molecule has 2 heterocycles. The zero-order valence-corrected chi connectivity index (χ0v) is 13.0. The first kappa shape index (κ1) is 15.2. The standard InChI is InChI=1S/C18H13ClO4/c1-12-9-13(19)4-7-17(12)23-18-11-22-15(10-16(18)20)6-5-14-3-2-8-21-14/h2-11H,1H3/b6-5+. The lowest BCUT2D eigenvalue weighted by Crippen LogP contribution is -2.03. The second-order valence-electron chi connectivity index (χ2n) is 4.87. The van der Waals surface area contributed by atoms with Crippen LogP contribution in [-0.2, 0) is 0 Å². The molecule has 3 rings (SSSR count). The van der Waals surface area contributed by atoms with Gasteiger partial charge in [-0.15, -0.1) is 0 Å². The first-order valence-corrected chi connectivity index (χ1v) is 7.28. The van der Waals surface area contributed by atoms with Crippen molar-refractivity contribution >= 4 is 23.8 Å². The molecule has 0 aliphatic heterocycles. The molecule has 0 fully saturated rings. The number of halogens is 1. The fraction of sp³-hybridized carbons (Fsp3) is 0.0556. The van der Waals surface area contributed by atoms with Crippen LogP contribution < -0.4 is 10.2 Å². The average molecular weight is 329 g/mol. The molecular formula is C18H13ClO4. The highest BCUT2D eigenvalue weighted by atomic mass is 35.5. The van der Waals surface area contributed by atoms with Crippen molar-refractivity contribution in [3.63, 3.8) is 0 Å². The largest absolute Gasteiger partial charge is 0.465 e. The Bertz CT molecular complexity index is 892. The van der Waals surface area contributed by atoms with E-state index >= 15 is 0 Å². The van der Waals surface area contributed by atoms with Crippen LogP contribution in [0.4, 0.5) is 0 Å². The fourth-order valence-electron chi connectivity index (χ4n) is 1.97. The van der Waals surface area contributed by atoms with E-state index in [9.17, 15) is 4.79 Å². The van der Waals surface area contributed by atoms with Crippen molar-refractivity contribution in [2.45, 2.75) is 6.92 Å². The van der Waals surface area contributed by atoms with Crippen molar-refractivity contribution in [3.05, 3.63) is 81.3 Å². The SMILES string of the molecule is Cc1cc(Cl)ccc1Oc1coc(/C=C/c2ccco2)cc1=O. The molecule has 0 radical (unpaired) electrons. The summed E-state index contributed by atoms with van der Waals surface area (Å²) in [6, 6.07) is 10.1. The van der Waals surface area contributed by atoms with Gasteiger partial charge >= 0.3 is 0 Å². The molecule has 0 unspecified atom stereocenters. The van der Waals surface area contributed by atoms with Crippen LogP contribution >= 0.6 is 11.6 Å². The summed E-state index contributed by atoms with van der Waals surface area (Å²) >= 11 is 5.90. The molecule has 116 valence electrons. The number of rotatable bonds is 4. The fourth-order valence-corrected chi connectivity index (χ4v) is 2.20. The van der Waals surface area contributed by atoms with E-state index in [2.05, 4.69) is 0 Å². The van der Waals surface area contributed by atoms with E-state index in [1.807, 2.05) is 6.92 Å². The predicted molar refractivity (Wildman–Crippen MR) is 88.9 cm³/mol. The van der Waals surface area contributed by atoms with Gasteiger partial charge in [0.05, 0.1) is 6.26 Å². The van der Waals surface area contributed by atoms with Gasteiger partial charge in [-0.25, -0.2) is 0 Å². The van der Waals surface area contributed by atoms with Crippen molar-refractivity contribution < 1.29 is 13.6 Å². The van der Waals surface area contributed by atoms with Crippen molar-refractivity contribution in [2.24, 2.45) is 0 Å². The summed E-state index contributed by atoms with van der Waals surface area (Å²) < 4.78 is 16.2. The minimum Gasteiger partial charge on any atom is -0.465 e. The highest BCUT2D eigenvalue weighted by molar-refractivity contribution is 6.30. The van der Waals surface area contributed by atoms with Gasteiger partial charge in [0.15, 0.2) is 0 Å². The van der Waals surface area contributed by atoms with E-state index in [0.29, 0.717) is 22.3 Å². The van der Waals surface area contributed by atoms with E-state index in [0.717, 1.165) is 5.56 Å². The molecule has 1 aromatic carbocycles. The quantitative estimate of drug-likeness (QED) is 0.664. The molecule has 5 heteroatoms. The molecule has 23 heavy (non-hydrogen) atoms. The van der Waals surface area contributed by atoms with Gasteiger partial charge in [0.1, 0.15) is 23.5 Å². The number of hydrogen-bond donors (Lipinski definition) is 0. The summed E-state index contributed by atoms with van der Waals surface area (Å²) in [4.78, 5) is 12.1. The van der Waals surface area contributed by atoms with Crippen LogP contribution in [-0.4, -0.2) is 0 Å². The molecule has 0 saturated heterocycles. The number of ether oxygens (including phenoxy) is 1. The Morgan fingerprint density at radius 1 is 1.04 bits per heavy atom. The molecule has 4 nitrogen and oxygen atoms in total. The van der Waals surface area contributed by atoms with E-state index in [1.54, 1.807) is 48.7 Å². The summed E-state index contributed by atoms with van der Waals surface area (Å²) in [6.07, 6.45) is 6.22. The van der Waals surface area contributed by atoms with Crippen LogP contribution in [0.5, 0.6) is 11.5 Å². The first-order valence-electron chi connectivity index (χ1n) is 6.90. The first-order chi connectivity index (χ1) is 11.1. The van der Waals surface area contributed by atoms with Crippen molar-refractivity contribution in [1.29, 1.82) is 0 Å². The average Bonchev–Trinajstić information content (AvgIpc) is 3.03. The number of hydrogen-bond acceptors (Lipinski definition) is 4. The summed E-state index contributed by atoms with van der Waals surface area (Å²) in [5.74, 6) is 1.75. The monoisotopic (exact) mass is 328 g/mol. The Morgan fingerprint density at radius 2 is 1.87 bits per heavy atom. The summed E-state index contributed by atoms with van der Waals surface area (Å²) in [5.41, 5.74) is 0.559. The highest BCUT2D eigenvalue weighted by Crippen LogP contribution is 2.25. The van der Waals surface area contributed by atoms with Gasteiger partial charge in [0.2, 0.25) is 11.2 Å². The molecule has 0 saturated carbocycles. The van der Waals surface area contributed by atoms with Gasteiger partial charge in [-0.2, -0.15) is 0 Å². The second-order valence-corrected chi connectivity index (χ2v) is 5.31. The predicted octanol–water partition coefficient (Wildman–Crippen LogP) is 5.16. The molecule has 0 spiro atoms. The zero-order valence-electron chi connectivity index (χ0n) is 12.3. The van der Waals surface area contributed by atoms with Gasteiger partial charge < -0.3 is 13.6 Å². The Kier molecular flexibility index (Phi) is 4.35. The van der Waals surface area contributed by atoms with E-state index in [4.69, 9.17) is 25.2 Å². The molecule has 0 atom stereocenters. The lowest BCUT2D eigenvalue weighted by Gasteiger charge is -2.07. The van der Waals surface area contributed by atoms with Crippen LogP contribution in [0.1, 0.15) is 17.1 Å². The third kappa shape index (κ3) is 3.73. The smallest absolute Gasteiger partial charge is 0.227 e. The highest BCUT2D eigenvalue weighted by Gasteiger charge is 2.07.